The van der Waals surface area contributed by atoms with E-state index in [1.54, 1.807) is 6.20 Å². The second-order valence-electron chi connectivity index (χ2n) is 5.98. The fourth-order valence-corrected chi connectivity index (χ4v) is 2.80. The molecule has 1 atom stereocenters. The van der Waals surface area contributed by atoms with Crippen molar-refractivity contribution in [3.05, 3.63) is 83.8 Å². The van der Waals surface area contributed by atoms with Crippen molar-refractivity contribution < 1.29 is 4.79 Å². The maximum absolute atomic E-state index is 12.5. The summed E-state index contributed by atoms with van der Waals surface area (Å²) in [5, 5.41) is 2.89. The Labute approximate surface area is 142 Å². The summed E-state index contributed by atoms with van der Waals surface area (Å²) in [5.74, 6) is 0.537. The Morgan fingerprint density at radius 3 is 2.50 bits per heavy atom. The lowest BCUT2D eigenvalue weighted by atomic mass is 9.98. The molecular formula is C20H21N3O. The van der Waals surface area contributed by atoms with Gasteiger partial charge < -0.3 is 9.88 Å². The first kappa shape index (κ1) is 16.0. The van der Waals surface area contributed by atoms with Gasteiger partial charge in [-0.05, 0) is 48.7 Å². The Morgan fingerprint density at radius 2 is 1.83 bits per heavy atom. The van der Waals surface area contributed by atoms with E-state index in [2.05, 4.69) is 33.9 Å². The molecule has 0 aliphatic rings. The van der Waals surface area contributed by atoms with Crippen molar-refractivity contribution in [1.82, 2.24) is 9.55 Å². The minimum Gasteiger partial charge on any atom is -0.346 e. The number of carbonyl (C=O) groups is 1. The van der Waals surface area contributed by atoms with Gasteiger partial charge in [-0.3, -0.25) is 4.79 Å². The van der Waals surface area contributed by atoms with Crippen LogP contribution in [0.25, 0.3) is 0 Å². The van der Waals surface area contributed by atoms with Crippen molar-refractivity contribution in [1.29, 1.82) is 0 Å². The molecule has 3 aromatic rings. The topological polar surface area (TPSA) is 46.9 Å². The van der Waals surface area contributed by atoms with E-state index in [0.29, 0.717) is 12.2 Å². The number of nitrogens with one attached hydrogen (secondary N) is 1. The van der Waals surface area contributed by atoms with Gasteiger partial charge in [0.05, 0.1) is 12.5 Å². The van der Waals surface area contributed by atoms with E-state index in [4.69, 9.17) is 0 Å². The van der Waals surface area contributed by atoms with Crippen LogP contribution in [-0.4, -0.2) is 15.5 Å². The minimum atomic E-state index is -0.0479. The first-order chi connectivity index (χ1) is 11.6. The quantitative estimate of drug-likeness (QED) is 0.769. The number of nitrogens with zero attached hydrogens (tertiary/aromatic N) is 2. The van der Waals surface area contributed by atoms with E-state index in [0.717, 1.165) is 11.1 Å². The second kappa shape index (κ2) is 7.13. The molecule has 122 valence electrons. The summed E-state index contributed by atoms with van der Waals surface area (Å²) in [4.78, 5) is 16.8. The summed E-state index contributed by atoms with van der Waals surface area (Å²) in [5.41, 5.74) is 3.40. The number of hydrogen-bond donors (Lipinski definition) is 1. The molecule has 3 rings (SSSR count). The Hall–Kier alpha value is -2.88. The van der Waals surface area contributed by atoms with Crippen molar-refractivity contribution in [3.8, 4) is 0 Å². The maximum Gasteiger partial charge on any atom is 0.227 e. The monoisotopic (exact) mass is 319 g/mol. The zero-order valence-corrected chi connectivity index (χ0v) is 13.9. The summed E-state index contributed by atoms with van der Waals surface area (Å²) in [7, 11) is 0. The summed E-state index contributed by atoms with van der Waals surface area (Å²) in [6.07, 6.45) is 6.10. The standard InChI is InChI=1S/C20H21N3O/c1-15-9-10-19(21-14-15)22-20(24)13-18(23-11-5-6-12-23)17-8-4-3-7-16(17)2/h3-12,14,18H,13H2,1-2H3,(H,21,22,24). The highest BCUT2D eigenvalue weighted by Crippen LogP contribution is 2.25. The highest BCUT2D eigenvalue weighted by molar-refractivity contribution is 5.90. The summed E-state index contributed by atoms with van der Waals surface area (Å²) < 4.78 is 2.07. The molecule has 4 heteroatoms. The average Bonchev–Trinajstić information content (AvgIpc) is 3.10. The van der Waals surface area contributed by atoms with Crippen molar-refractivity contribution in [2.75, 3.05) is 5.32 Å². The molecule has 0 aliphatic heterocycles. The van der Waals surface area contributed by atoms with Gasteiger partial charge >= 0.3 is 0 Å². The molecule has 0 saturated carbocycles. The fourth-order valence-electron chi connectivity index (χ4n) is 2.80. The zero-order valence-electron chi connectivity index (χ0n) is 13.9. The molecule has 4 nitrogen and oxygen atoms in total. The molecule has 0 saturated heterocycles. The minimum absolute atomic E-state index is 0.0355. The smallest absolute Gasteiger partial charge is 0.227 e. The number of amides is 1. The third-order valence-corrected chi connectivity index (χ3v) is 4.09. The Kier molecular flexibility index (Phi) is 4.75. The van der Waals surface area contributed by atoms with Gasteiger partial charge in [0.25, 0.3) is 0 Å². The Balaban J connectivity index is 1.81. The molecular weight excluding hydrogens is 298 g/mol. The number of aromatic nitrogens is 2. The highest BCUT2D eigenvalue weighted by atomic mass is 16.1. The first-order valence-electron chi connectivity index (χ1n) is 8.04. The highest BCUT2D eigenvalue weighted by Gasteiger charge is 2.19. The van der Waals surface area contributed by atoms with Crippen molar-refractivity contribution in [2.45, 2.75) is 26.3 Å². The van der Waals surface area contributed by atoms with Crippen LogP contribution in [0.3, 0.4) is 0 Å². The van der Waals surface area contributed by atoms with Crippen molar-refractivity contribution in [3.63, 3.8) is 0 Å². The van der Waals surface area contributed by atoms with Gasteiger partial charge in [0.1, 0.15) is 5.82 Å². The van der Waals surface area contributed by atoms with Gasteiger partial charge in [-0.1, -0.05) is 30.3 Å². The van der Waals surface area contributed by atoms with E-state index in [1.807, 2.05) is 55.7 Å². The van der Waals surface area contributed by atoms with Crippen LogP contribution in [-0.2, 0) is 4.79 Å². The molecule has 0 bridgehead atoms. The average molecular weight is 319 g/mol. The normalized spacial score (nSPS) is 11.9. The van der Waals surface area contributed by atoms with Crippen LogP contribution in [0, 0.1) is 13.8 Å². The van der Waals surface area contributed by atoms with Gasteiger partial charge in [0, 0.05) is 18.6 Å². The number of anilines is 1. The van der Waals surface area contributed by atoms with Gasteiger partial charge in [-0.15, -0.1) is 0 Å². The molecule has 1 aromatic carbocycles. The number of benzene rings is 1. The lowest BCUT2D eigenvalue weighted by Crippen LogP contribution is -2.20. The summed E-state index contributed by atoms with van der Waals surface area (Å²) in [6.45, 7) is 4.05. The molecule has 2 heterocycles. The number of rotatable bonds is 5. The molecule has 24 heavy (non-hydrogen) atoms. The van der Waals surface area contributed by atoms with Gasteiger partial charge in [-0.2, -0.15) is 0 Å². The van der Waals surface area contributed by atoms with Gasteiger partial charge in [0.15, 0.2) is 0 Å². The van der Waals surface area contributed by atoms with E-state index in [1.165, 1.54) is 5.56 Å². The third kappa shape index (κ3) is 3.71. The summed E-state index contributed by atoms with van der Waals surface area (Å²) in [6, 6.07) is 15.9. The molecule has 0 fully saturated rings. The predicted octanol–water partition coefficient (Wildman–Crippen LogP) is 4.12. The predicted molar refractivity (Wildman–Crippen MR) is 96.0 cm³/mol. The van der Waals surface area contributed by atoms with Crippen LogP contribution >= 0.6 is 0 Å². The lowest BCUT2D eigenvalue weighted by Gasteiger charge is -2.21. The molecule has 0 spiro atoms. The molecule has 2 aromatic heterocycles. The number of pyridine rings is 1. The summed E-state index contributed by atoms with van der Waals surface area (Å²) >= 11 is 0. The van der Waals surface area contributed by atoms with Crippen molar-refractivity contribution >= 4 is 11.7 Å². The SMILES string of the molecule is Cc1ccc(NC(=O)CC(c2ccccc2C)n2cccc2)nc1. The van der Waals surface area contributed by atoms with E-state index < -0.39 is 0 Å². The van der Waals surface area contributed by atoms with E-state index in [9.17, 15) is 4.79 Å². The van der Waals surface area contributed by atoms with Gasteiger partial charge in [-0.25, -0.2) is 4.98 Å². The van der Waals surface area contributed by atoms with Crippen molar-refractivity contribution in [2.24, 2.45) is 0 Å². The third-order valence-electron chi connectivity index (χ3n) is 4.09. The zero-order chi connectivity index (χ0) is 16.9. The van der Waals surface area contributed by atoms with E-state index in [-0.39, 0.29) is 11.9 Å². The number of aryl methyl sites for hydroxylation is 2. The van der Waals surface area contributed by atoms with Crippen LogP contribution in [0.4, 0.5) is 5.82 Å². The van der Waals surface area contributed by atoms with E-state index >= 15 is 0 Å². The van der Waals surface area contributed by atoms with Crippen LogP contribution < -0.4 is 5.32 Å². The second-order valence-corrected chi connectivity index (χ2v) is 5.98. The Bertz CT molecular complexity index is 807. The lowest BCUT2D eigenvalue weighted by molar-refractivity contribution is -0.116. The van der Waals surface area contributed by atoms with Crippen LogP contribution in [0.1, 0.15) is 29.2 Å². The van der Waals surface area contributed by atoms with Gasteiger partial charge in [0.2, 0.25) is 5.91 Å². The van der Waals surface area contributed by atoms with Crippen LogP contribution in [0.15, 0.2) is 67.1 Å². The number of carbonyl (C=O) groups excluding carboxylic acids is 1. The largest absolute Gasteiger partial charge is 0.346 e. The molecule has 0 aliphatic carbocycles. The molecule has 1 N–H and O–H groups in total. The first-order valence-corrected chi connectivity index (χ1v) is 8.04. The van der Waals surface area contributed by atoms with Crippen LogP contribution in [0.5, 0.6) is 0 Å². The maximum atomic E-state index is 12.5. The number of hydrogen-bond acceptors (Lipinski definition) is 2. The molecule has 0 radical (unpaired) electrons. The fraction of sp³-hybridized carbons (Fsp3) is 0.200. The Morgan fingerprint density at radius 1 is 1.08 bits per heavy atom. The van der Waals surface area contributed by atoms with Crippen LogP contribution in [0.2, 0.25) is 0 Å². The molecule has 1 unspecified atom stereocenters. The molecule has 1 amide bonds.